The Balaban J connectivity index is 3.05. The van der Waals surface area contributed by atoms with Crippen LogP contribution in [-0.4, -0.2) is 29.2 Å². The second-order valence-electron chi connectivity index (χ2n) is 5.95. The van der Waals surface area contributed by atoms with Crippen LogP contribution in [-0.2, 0) is 10.0 Å². The van der Waals surface area contributed by atoms with E-state index in [2.05, 4.69) is 4.72 Å². The molecular weight excluding hydrogens is 292 g/mol. The highest BCUT2D eigenvalue weighted by Crippen LogP contribution is 2.33. The number of methoxy groups -OCH3 is 2. The number of ether oxygens (including phenoxy) is 2. The topological polar surface area (TPSA) is 90.6 Å². The summed E-state index contributed by atoms with van der Waals surface area (Å²) in [5, 5.41) is 0. The molecule has 0 fully saturated rings. The van der Waals surface area contributed by atoms with E-state index in [-0.39, 0.29) is 21.7 Å². The smallest absolute Gasteiger partial charge is 0.244 e. The Labute approximate surface area is 126 Å². The van der Waals surface area contributed by atoms with E-state index in [1.807, 2.05) is 20.8 Å². The van der Waals surface area contributed by atoms with Crippen LogP contribution in [0.4, 0.5) is 5.69 Å². The zero-order chi connectivity index (χ0) is 16.3. The van der Waals surface area contributed by atoms with Gasteiger partial charge in [0, 0.05) is 12.6 Å². The van der Waals surface area contributed by atoms with Gasteiger partial charge in [-0.2, -0.15) is 0 Å². The van der Waals surface area contributed by atoms with E-state index in [0.29, 0.717) is 12.3 Å². The Kier molecular flexibility index (Phi) is 5.47. The summed E-state index contributed by atoms with van der Waals surface area (Å²) in [6, 6.07) is 2.81. The third-order valence-electron chi connectivity index (χ3n) is 2.97. The quantitative estimate of drug-likeness (QED) is 0.783. The average Bonchev–Trinajstić information content (AvgIpc) is 2.36. The van der Waals surface area contributed by atoms with Crippen LogP contribution in [0.3, 0.4) is 0 Å². The molecule has 6 nitrogen and oxygen atoms in total. The van der Waals surface area contributed by atoms with Crippen molar-refractivity contribution in [3.63, 3.8) is 0 Å². The van der Waals surface area contributed by atoms with Crippen molar-refractivity contribution in [2.75, 3.05) is 26.5 Å². The molecule has 0 aromatic heterocycles. The van der Waals surface area contributed by atoms with Gasteiger partial charge < -0.3 is 15.2 Å². The standard InChI is InChI=1S/C14H24N2O4S/c1-14(2,3)6-7-16-21(17,18)13-8-10(15)11(19-4)9-12(13)20-5/h8-9,16H,6-7,15H2,1-5H3. The lowest BCUT2D eigenvalue weighted by atomic mass is 9.93. The number of benzene rings is 1. The first-order chi connectivity index (χ1) is 9.60. The van der Waals surface area contributed by atoms with E-state index in [1.54, 1.807) is 0 Å². The molecule has 1 aromatic rings. The molecule has 0 aliphatic carbocycles. The van der Waals surface area contributed by atoms with Crippen LogP contribution >= 0.6 is 0 Å². The lowest BCUT2D eigenvalue weighted by Crippen LogP contribution is -2.28. The van der Waals surface area contributed by atoms with Gasteiger partial charge in [0.2, 0.25) is 10.0 Å². The maximum Gasteiger partial charge on any atom is 0.244 e. The molecule has 0 atom stereocenters. The van der Waals surface area contributed by atoms with Crippen molar-refractivity contribution < 1.29 is 17.9 Å². The number of hydrogen-bond acceptors (Lipinski definition) is 5. The fourth-order valence-corrected chi connectivity index (χ4v) is 2.96. The van der Waals surface area contributed by atoms with E-state index in [9.17, 15) is 8.42 Å². The van der Waals surface area contributed by atoms with Gasteiger partial charge in [0.25, 0.3) is 0 Å². The van der Waals surface area contributed by atoms with E-state index < -0.39 is 10.0 Å². The van der Waals surface area contributed by atoms with Gasteiger partial charge in [0.15, 0.2) is 0 Å². The van der Waals surface area contributed by atoms with Crippen LogP contribution in [0.15, 0.2) is 17.0 Å². The number of sulfonamides is 1. The van der Waals surface area contributed by atoms with Crippen LogP contribution in [0.5, 0.6) is 11.5 Å². The third kappa shape index (κ3) is 4.78. The van der Waals surface area contributed by atoms with Gasteiger partial charge in [0.05, 0.1) is 19.9 Å². The first-order valence-electron chi connectivity index (χ1n) is 6.62. The maximum absolute atomic E-state index is 12.4. The lowest BCUT2D eigenvalue weighted by molar-refractivity contribution is 0.377. The van der Waals surface area contributed by atoms with Crippen LogP contribution < -0.4 is 19.9 Å². The second kappa shape index (κ2) is 6.53. The van der Waals surface area contributed by atoms with Gasteiger partial charge in [-0.3, -0.25) is 0 Å². The molecular formula is C14H24N2O4S. The zero-order valence-electron chi connectivity index (χ0n) is 13.2. The summed E-state index contributed by atoms with van der Waals surface area (Å²) in [5.74, 6) is 0.574. The van der Waals surface area contributed by atoms with E-state index in [0.717, 1.165) is 6.42 Å². The van der Waals surface area contributed by atoms with Crippen LogP contribution in [0.2, 0.25) is 0 Å². The number of nitrogens with two attached hydrogens (primary N) is 1. The highest BCUT2D eigenvalue weighted by atomic mass is 32.2. The molecule has 0 unspecified atom stereocenters. The van der Waals surface area contributed by atoms with Crippen molar-refractivity contribution in [1.82, 2.24) is 4.72 Å². The molecule has 120 valence electrons. The molecule has 0 amide bonds. The first-order valence-corrected chi connectivity index (χ1v) is 8.10. The summed E-state index contributed by atoms with van der Waals surface area (Å²) in [7, 11) is -0.822. The summed E-state index contributed by atoms with van der Waals surface area (Å²) in [6.07, 6.45) is 0.722. The maximum atomic E-state index is 12.4. The third-order valence-corrected chi connectivity index (χ3v) is 4.45. The Morgan fingerprint density at radius 3 is 2.19 bits per heavy atom. The minimum atomic E-state index is -3.68. The van der Waals surface area contributed by atoms with Gasteiger partial charge in [-0.15, -0.1) is 0 Å². The lowest BCUT2D eigenvalue weighted by Gasteiger charge is -2.19. The number of nitrogens with one attached hydrogen (secondary N) is 1. The van der Waals surface area contributed by atoms with Crippen molar-refractivity contribution in [2.24, 2.45) is 5.41 Å². The van der Waals surface area contributed by atoms with Gasteiger partial charge in [0.1, 0.15) is 16.4 Å². The summed E-state index contributed by atoms with van der Waals surface area (Å²) in [5.41, 5.74) is 6.07. The minimum Gasteiger partial charge on any atom is -0.495 e. The fourth-order valence-electron chi connectivity index (χ4n) is 1.74. The van der Waals surface area contributed by atoms with Crippen LogP contribution in [0.1, 0.15) is 27.2 Å². The van der Waals surface area contributed by atoms with Crippen molar-refractivity contribution in [3.8, 4) is 11.5 Å². The predicted molar refractivity (Wildman–Crippen MR) is 83.2 cm³/mol. The van der Waals surface area contributed by atoms with E-state index >= 15 is 0 Å². The second-order valence-corrected chi connectivity index (χ2v) is 7.69. The molecule has 0 heterocycles. The van der Waals surface area contributed by atoms with E-state index in [1.165, 1.54) is 26.4 Å². The largest absolute Gasteiger partial charge is 0.495 e. The normalized spacial score (nSPS) is 12.2. The number of nitrogen functional groups attached to an aromatic ring is 1. The number of hydrogen-bond donors (Lipinski definition) is 2. The average molecular weight is 316 g/mol. The Hall–Kier alpha value is -1.47. The predicted octanol–water partition coefficient (Wildman–Crippen LogP) is 2.00. The molecule has 0 saturated heterocycles. The molecule has 21 heavy (non-hydrogen) atoms. The highest BCUT2D eigenvalue weighted by molar-refractivity contribution is 7.89. The summed E-state index contributed by atoms with van der Waals surface area (Å²) in [6.45, 7) is 6.49. The number of rotatable bonds is 6. The van der Waals surface area contributed by atoms with Crippen molar-refractivity contribution in [1.29, 1.82) is 0 Å². The summed E-state index contributed by atoms with van der Waals surface area (Å²) >= 11 is 0. The van der Waals surface area contributed by atoms with Crippen LogP contribution in [0.25, 0.3) is 0 Å². The number of anilines is 1. The molecule has 0 spiro atoms. The van der Waals surface area contributed by atoms with Gasteiger partial charge in [-0.05, 0) is 17.9 Å². The molecule has 1 aromatic carbocycles. The van der Waals surface area contributed by atoms with Gasteiger partial charge in [-0.1, -0.05) is 20.8 Å². The molecule has 1 rings (SSSR count). The highest BCUT2D eigenvalue weighted by Gasteiger charge is 2.22. The summed E-state index contributed by atoms with van der Waals surface area (Å²) in [4.78, 5) is 0.0113. The molecule has 0 aliphatic rings. The molecule has 0 saturated carbocycles. The Morgan fingerprint density at radius 1 is 1.14 bits per heavy atom. The molecule has 0 aliphatic heterocycles. The SMILES string of the molecule is COc1cc(OC)c(S(=O)(=O)NCCC(C)(C)C)cc1N. The van der Waals surface area contributed by atoms with Crippen LogP contribution in [0, 0.1) is 5.41 Å². The molecule has 3 N–H and O–H groups in total. The summed E-state index contributed by atoms with van der Waals surface area (Å²) < 4.78 is 37.5. The van der Waals surface area contributed by atoms with Gasteiger partial charge >= 0.3 is 0 Å². The Bertz CT molecular complexity index is 592. The molecule has 7 heteroatoms. The fraction of sp³-hybridized carbons (Fsp3) is 0.571. The van der Waals surface area contributed by atoms with Gasteiger partial charge in [-0.25, -0.2) is 13.1 Å². The monoisotopic (exact) mass is 316 g/mol. The minimum absolute atomic E-state index is 0.0113. The van der Waals surface area contributed by atoms with Crippen molar-refractivity contribution in [3.05, 3.63) is 12.1 Å². The molecule has 0 radical (unpaired) electrons. The Morgan fingerprint density at radius 2 is 1.71 bits per heavy atom. The first kappa shape index (κ1) is 17.6. The molecule has 0 bridgehead atoms. The van der Waals surface area contributed by atoms with Crippen molar-refractivity contribution in [2.45, 2.75) is 32.1 Å². The zero-order valence-corrected chi connectivity index (χ0v) is 14.0. The van der Waals surface area contributed by atoms with E-state index in [4.69, 9.17) is 15.2 Å². The van der Waals surface area contributed by atoms with Crippen molar-refractivity contribution >= 4 is 15.7 Å².